The van der Waals surface area contributed by atoms with Gasteiger partial charge in [0, 0.05) is 22.4 Å². The van der Waals surface area contributed by atoms with Crippen LogP contribution in [0.15, 0.2) is 65.9 Å². The van der Waals surface area contributed by atoms with Crippen molar-refractivity contribution in [3.63, 3.8) is 0 Å². The van der Waals surface area contributed by atoms with Gasteiger partial charge in [-0.05, 0) is 11.4 Å². The maximum Gasteiger partial charge on any atom is 0.234 e. The summed E-state index contributed by atoms with van der Waals surface area (Å²) in [5.74, 6) is 0.0429. The van der Waals surface area contributed by atoms with Gasteiger partial charge in [-0.2, -0.15) is 0 Å². The highest BCUT2D eigenvalue weighted by molar-refractivity contribution is 7.14. The molecule has 23 heavy (non-hydrogen) atoms. The number of hydrogen-bond donors (Lipinski definition) is 0. The van der Waals surface area contributed by atoms with Gasteiger partial charge in [0.15, 0.2) is 5.13 Å². The lowest BCUT2D eigenvalue weighted by atomic mass is 10.2. The Morgan fingerprint density at radius 1 is 1.17 bits per heavy atom. The molecular formula is C18H16N2OS2. The van der Waals surface area contributed by atoms with Crippen molar-refractivity contribution in [2.24, 2.45) is 0 Å². The lowest BCUT2D eigenvalue weighted by molar-refractivity contribution is -0.117. The third-order valence-corrected chi connectivity index (χ3v) is 5.05. The molecule has 3 nitrogen and oxygen atoms in total. The number of nitrogens with zero attached hydrogens (tertiary/aromatic N) is 2. The number of carbonyl (C=O) groups is 1. The SMILES string of the molecule is C=CCN(C(=O)Cc1cccs1)c1nc(-c2ccccc2)cs1. The molecular weight excluding hydrogens is 324 g/mol. The van der Waals surface area contributed by atoms with Gasteiger partial charge >= 0.3 is 0 Å². The van der Waals surface area contributed by atoms with E-state index in [4.69, 9.17) is 0 Å². The van der Waals surface area contributed by atoms with Crippen LogP contribution in [-0.4, -0.2) is 17.4 Å². The summed E-state index contributed by atoms with van der Waals surface area (Å²) >= 11 is 3.08. The van der Waals surface area contributed by atoms with Gasteiger partial charge < -0.3 is 0 Å². The van der Waals surface area contributed by atoms with E-state index in [9.17, 15) is 4.79 Å². The Bertz CT molecular complexity index is 778. The van der Waals surface area contributed by atoms with Crippen molar-refractivity contribution in [3.05, 3.63) is 70.8 Å². The number of aromatic nitrogens is 1. The summed E-state index contributed by atoms with van der Waals surface area (Å²) in [6.45, 7) is 4.22. The van der Waals surface area contributed by atoms with Crippen LogP contribution in [0.25, 0.3) is 11.3 Å². The molecule has 0 radical (unpaired) electrons. The lowest BCUT2D eigenvalue weighted by Crippen LogP contribution is -2.32. The van der Waals surface area contributed by atoms with E-state index in [1.807, 2.05) is 53.2 Å². The van der Waals surface area contributed by atoms with Crippen LogP contribution in [0.3, 0.4) is 0 Å². The molecule has 2 aromatic heterocycles. The van der Waals surface area contributed by atoms with Gasteiger partial charge in [0.1, 0.15) is 0 Å². The van der Waals surface area contributed by atoms with Crippen molar-refractivity contribution in [3.8, 4) is 11.3 Å². The molecule has 0 atom stereocenters. The van der Waals surface area contributed by atoms with Gasteiger partial charge in [-0.25, -0.2) is 4.98 Å². The summed E-state index contributed by atoms with van der Waals surface area (Å²) in [4.78, 5) is 20.0. The van der Waals surface area contributed by atoms with Gasteiger partial charge in [0.05, 0.1) is 12.1 Å². The maximum atomic E-state index is 12.6. The van der Waals surface area contributed by atoms with Crippen molar-refractivity contribution in [1.82, 2.24) is 4.98 Å². The largest absolute Gasteiger partial charge is 0.284 e. The zero-order chi connectivity index (χ0) is 16.1. The third-order valence-electron chi connectivity index (χ3n) is 3.31. The standard InChI is InChI=1S/C18H16N2OS2/c1-2-10-20(17(21)12-15-9-6-11-22-15)18-19-16(13-23-18)14-7-4-3-5-8-14/h2-9,11,13H,1,10,12H2. The number of amides is 1. The molecule has 0 aliphatic rings. The minimum absolute atomic E-state index is 0.0429. The average Bonchev–Trinajstić information content (AvgIpc) is 3.25. The molecule has 5 heteroatoms. The van der Waals surface area contributed by atoms with Crippen molar-refractivity contribution in [1.29, 1.82) is 0 Å². The van der Waals surface area contributed by atoms with Gasteiger partial charge in [0.2, 0.25) is 5.91 Å². The topological polar surface area (TPSA) is 33.2 Å². The van der Waals surface area contributed by atoms with E-state index in [1.54, 1.807) is 22.3 Å². The van der Waals surface area contributed by atoms with Crippen LogP contribution in [0.2, 0.25) is 0 Å². The van der Waals surface area contributed by atoms with Crippen LogP contribution in [-0.2, 0) is 11.2 Å². The van der Waals surface area contributed by atoms with E-state index >= 15 is 0 Å². The third kappa shape index (κ3) is 3.75. The molecule has 1 aromatic carbocycles. The number of benzene rings is 1. The Morgan fingerprint density at radius 2 is 2.00 bits per heavy atom. The maximum absolute atomic E-state index is 12.6. The second-order valence-electron chi connectivity index (χ2n) is 4.93. The van der Waals surface area contributed by atoms with E-state index in [1.165, 1.54) is 11.3 Å². The normalized spacial score (nSPS) is 10.4. The molecule has 0 saturated carbocycles. The first-order chi connectivity index (χ1) is 11.3. The fraction of sp³-hybridized carbons (Fsp3) is 0.111. The average molecular weight is 340 g/mol. The predicted molar refractivity (Wildman–Crippen MR) is 98.1 cm³/mol. The number of hydrogen-bond acceptors (Lipinski definition) is 4. The minimum atomic E-state index is 0.0429. The first kappa shape index (κ1) is 15.6. The van der Waals surface area contributed by atoms with E-state index < -0.39 is 0 Å². The molecule has 0 fully saturated rings. The Morgan fingerprint density at radius 3 is 2.70 bits per heavy atom. The van der Waals surface area contributed by atoms with Gasteiger partial charge in [-0.3, -0.25) is 9.69 Å². The lowest BCUT2D eigenvalue weighted by Gasteiger charge is -2.17. The van der Waals surface area contributed by atoms with E-state index in [2.05, 4.69) is 11.6 Å². The van der Waals surface area contributed by atoms with Gasteiger partial charge in [-0.1, -0.05) is 42.5 Å². The Kier molecular flexibility index (Phi) is 5.00. The fourth-order valence-electron chi connectivity index (χ4n) is 2.20. The van der Waals surface area contributed by atoms with Crippen molar-refractivity contribution >= 4 is 33.7 Å². The summed E-state index contributed by atoms with van der Waals surface area (Å²) in [5, 5.41) is 4.68. The highest BCUT2D eigenvalue weighted by atomic mass is 32.1. The summed E-state index contributed by atoms with van der Waals surface area (Å²) in [7, 11) is 0. The number of anilines is 1. The fourth-order valence-corrected chi connectivity index (χ4v) is 3.76. The minimum Gasteiger partial charge on any atom is -0.284 e. The molecule has 116 valence electrons. The van der Waals surface area contributed by atoms with Gasteiger partial charge in [0.25, 0.3) is 0 Å². The molecule has 0 aliphatic carbocycles. The highest BCUT2D eigenvalue weighted by Crippen LogP contribution is 2.28. The van der Waals surface area contributed by atoms with Crippen molar-refractivity contribution < 1.29 is 4.79 Å². The summed E-state index contributed by atoms with van der Waals surface area (Å²) < 4.78 is 0. The number of thiazole rings is 1. The molecule has 0 bridgehead atoms. The molecule has 0 unspecified atom stereocenters. The second-order valence-corrected chi connectivity index (χ2v) is 6.80. The number of carbonyl (C=O) groups excluding carboxylic acids is 1. The van der Waals surface area contributed by atoms with Crippen LogP contribution in [0.5, 0.6) is 0 Å². The quantitative estimate of drug-likeness (QED) is 0.613. The molecule has 3 rings (SSSR count). The predicted octanol–water partition coefficient (Wildman–Crippen LogP) is 4.63. The summed E-state index contributed by atoms with van der Waals surface area (Å²) in [5.41, 5.74) is 1.95. The smallest absolute Gasteiger partial charge is 0.234 e. The van der Waals surface area contributed by atoms with E-state index in [-0.39, 0.29) is 5.91 Å². The van der Waals surface area contributed by atoms with Crippen LogP contribution in [0, 0.1) is 0 Å². The van der Waals surface area contributed by atoms with E-state index in [0.717, 1.165) is 16.1 Å². The molecule has 3 aromatic rings. The molecule has 0 N–H and O–H groups in total. The van der Waals surface area contributed by atoms with Crippen LogP contribution in [0.1, 0.15) is 4.88 Å². The van der Waals surface area contributed by atoms with Crippen LogP contribution < -0.4 is 4.90 Å². The second kappa shape index (κ2) is 7.35. The highest BCUT2D eigenvalue weighted by Gasteiger charge is 2.19. The zero-order valence-electron chi connectivity index (χ0n) is 12.5. The molecule has 0 aliphatic heterocycles. The number of rotatable bonds is 6. The van der Waals surface area contributed by atoms with Gasteiger partial charge in [-0.15, -0.1) is 29.3 Å². The Hall–Kier alpha value is -2.24. The monoisotopic (exact) mass is 340 g/mol. The zero-order valence-corrected chi connectivity index (χ0v) is 14.1. The first-order valence-corrected chi connectivity index (χ1v) is 8.98. The Balaban J connectivity index is 1.82. The summed E-state index contributed by atoms with van der Waals surface area (Å²) in [6, 6.07) is 13.9. The van der Waals surface area contributed by atoms with Crippen molar-refractivity contribution in [2.45, 2.75) is 6.42 Å². The molecule has 2 heterocycles. The first-order valence-electron chi connectivity index (χ1n) is 7.22. The molecule has 0 spiro atoms. The van der Waals surface area contributed by atoms with E-state index in [0.29, 0.717) is 18.1 Å². The van der Waals surface area contributed by atoms with Crippen molar-refractivity contribution in [2.75, 3.05) is 11.4 Å². The number of thiophene rings is 1. The van der Waals surface area contributed by atoms with Crippen LogP contribution >= 0.6 is 22.7 Å². The molecule has 1 amide bonds. The molecule has 0 saturated heterocycles. The Labute approximate surface area is 143 Å². The summed E-state index contributed by atoms with van der Waals surface area (Å²) in [6.07, 6.45) is 2.13. The van der Waals surface area contributed by atoms with Crippen LogP contribution in [0.4, 0.5) is 5.13 Å².